The van der Waals surface area contributed by atoms with Gasteiger partial charge in [-0.1, -0.05) is 13.8 Å². The molecule has 2 nitrogen and oxygen atoms in total. The molecule has 2 unspecified atom stereocenters. The Kier molecular flexibility index (Phi) is 3.68. The number of nitrogens with zero attached hydrogens (tertiary/aromatic N) is 1. The topological polar surface area (TPSA) is 15.3 Å². The average molecular weight is 210 g/mol. The zero-order valence-electron chi connectivity index (χ0n) is 10.5. The summed E-state index contributed by atoms with van der Waals surface area (Å²) in [5.41, 5.74) is 0. The van der Waals surface area contributed by atoms with Gasteiger partial charge in [0, 0.05) is 25.2 Å². The lowest BCUT2D eigenvalue weighted by atomic mass is 10.0. The predicted octanol–water partition coefficient (Wildman–Crippen LogP) is 2.10. The van der Waals surface area contributed by atoms with Crippen molar-refractivity contribution in [2.75, 3.05) is 19.6 Å². The molecule has 1 saturated heterocycles. The predicted molar refractivity (Wildman–Crippen MR) is 65.0 cm³/mol. The van der Waals surface area contributed by atoms with E-state index in [1.165, 1.54) is 38.9 Å². The Morgan fingerprint density at radius 3 is 2.67 bits per heavy atom. The van der Waals surface area contributed by atoms with Gasteiger partial charge in [-0.25, -0.2) is 0 Å². The first kappa shape index (κ1) is 11.4. The van der Waals surface area contributed by atoms with Crippen LogP contribution in [0.1, 0.15) is 40.0 Å². The second-order valence-electron chi connectivity index (χ2n) is 5.89. The van der Waals surface area contributed by atoms with Gasteiger partial charge in [0.25, 0.3) is 0 Å². The molecule has 0 bridgehead atoms. The first-order chi connectivity index (χ1) is 7.16. The summed E-state index contributed by atoms with van der Waals surface area (Å²) in [4.78, 5) is 2.75. The maximum atomic E-state index is 3.63. The fourth-order valence-corrected chi connectivity index (χ4v) is 2.63. The maximum Gasteiger partial charge on any atom is 0.0249 e. The molecule has 2 heteroatoms. The van der Waals surface area contributed by atoms with Gasteiger partial charge in [-0.15, -0.1) is 0 Å². The molecule has 0 radical (unpaired) electrons. The molecule has 0 amide bonds. The molecule has 1 saturated carbocycles. The zero-order chi connectivity index (χ0) is 10.8. The monoisotopic (exact) mass is 210 g/mol. The van der Waals surface area contributed by atoms with Crippen LogP contribution in [0.5, 0.6) is 0 Å². The third-order valence-electron chi connectivity index (χ3n) is 3.81. The quantitative estimate of drug-likeness (QED) is 0.764. The molecule has 0 aromatic heterocycles. The number of rotatable bonds is 4. The van der Waals surface area contributed by atoms with E-state index in [1.807, 2.05) is 0 Å². The summed E-state index contributed by atoms with van der Waals surface area (Å²) in [5, 5.41) is 3.63. The fraction of sp³-hybridized carbons (Fsp3) is 1.00. The van der Waals surface area contributed by atoms with Crippen LogP contribution >= 0.6 is 0 Å². The molecule has 2 aliphatic rings. The van der Waals surface area contributed by atoms with Crippen molar-refractivity contribution >= 4 is 0 Å². The fourth-order valence-electron chi connectivity index (χ4n) is 2.63. The highest BCUT2D eigenvalue weighted by Crippen LogP contribution is 2.36. The van der Waals surface area contributed by atoms with E-state index in [2.05, 4.69) is 31.0 Å². The smallest absolute Gasteiger partial charge is 0.0249 e. The van der Waals surface area contributed by atoms with E-state index in [4.69, 9.17) is 0 Å². The van der Waals surface area contributed by atoms with Crippen LogP contribution in [0.15, 0.2) is 0 Å². The highest BCUT2D eigenvalue weighted by molar-refractivity contribution is 4.94. The summed E-state index contributed by atoms with van der Waals surface area (Å²) in [6.07, 6.45) is 4.30. The van der Waals surface area contributed by atoms with Crippen LogP contribution < -0.4 is 5.32 Å². The van der Waals surface area contributed by atoms with Crippen molar-refractivity contribution in [3.63, 3.8) is 0 Å². The maximum absolute atomic E-state index is 3.63. The van der Waals surface area contributed by atoms with Crippen molar-refractivity contribution in [1.29, 1.82) is 0 Å². The van der Waals surface area contributed by atoms with Gasteiger partial charge in [-0.3, -0.25) is 4.90 Å². The molecule has 1 aliphatic carbocycles. The zero-order valence-corrected chi connectivity index (χ0v) is 10.5. The minimum absolute atomic E-state index is 0.687. The van der Waals surface area contributed by atoms with Crippen LogP contribution in [0.3, 0.4) is 0 Å². The third kappa shape index (κ3) is 3.18. The normalized spacial score (nSPS) is 33.6. The summed E-state index contributed by atoms with van der Waals surface area (Å²) < 4.78 is 0. The van der Waals surface area contributed by atoms with Crippen molar-refractivity contribution < 1.29 is 0 Å². The van der Waals surface area contributed by atoms with Crippen molar-refractivity contribution in [2.24, 2.45) is 11.8 Å². The molecule has 0 spiro atoms. The Morgan fingerprint density at radius 2 is 2.07 bits per heavy atom. The summed E-state index contributed by atoms with van der Waals surface area (Å²) in [6, 6.07) is 1.53. The minimum Gasteiger partial charge on any atom is -0.311 e. The van der Waals surface area contributed by atoms with Crippen LogP contribution in [0.4, 0.5) is 0 Å². The molecule has 2 atom stereocenters. The highest BCUT2D eigenvalue weighted by Gasteiger charge is 2.37. The first-order valence-electron chi connectivity index (χ1n) is 6.64. The standard InChI is InChI=1S/C13H26N2/c1-10(2)6-7-15-9-11(3)14-8-13(15)12-4-5-12/h10-14H,4-9H2,1-3H3. The summed E-state index contributed by atoms with van der Waals surface area (Å²) in [6.45, 7) is 10.8. The van der Waals surface area contributed by atoms with E-state index in [1.54, 1.807) is 0 Å². The Hall–Kier alpha value is -0.0800. The number of hydrogen-bond donors (Lipinski definition) is 1. The second-order valence-corrected chi connectivity index (χ2v) is 5.89. The Morgan fingerprint density at radius 1 is 1.33 bits per heavy atom. The largest absolute Gasteiger partial charge is 0.311 e. The molecule has 2 fully saturated rings. The number of hydrogen-bond acceptors (Lipinski definition) is 2. The van der Waals surface area contributed by atoms with Crippen molar-refractivity contribution in [3.05, 3.63) is 0 Å². The highest BCUT2D eigenvalue weighted by atomic mass is 15.2. The Labute approximate surface area is 94.4 Å². The van der Waals surface area contributed by atoms with Crippen LogP contribution in [0.2, 0.25) is 0 Å². The molecule has 0 aromatic carbocycles. The minimum atomic E-state index is 0.687. The van der Waals surface area contributed by atoms with Crippen molar-refractivity contribution in [3.8, 4) is 0 Å². The lowest BCUT2D eigenvalue weighted by molar-refractivity contribution is 0.114. The van der Waals surface area contributed by atoms with E-state index in [0.717, 1.165) is 17.9 Å². The Bertz CT molecular complexity index is 199. The SMILES string of the molecule is CC(C)CCN1CC(C)NCC1C1CC1. The van der Waals surface area contributed by atoms with Gasteiger partial charge >= 0.3 is 0 Å². The van der Waals surface area contributed by atoms with Crippen molar-refractivity contribution in [1.82, 2.24) is 10.2 Å². The lowest BCUT2D eigenvalue weighted by Crippen LogP contribution is -2.56. The van der Waals surface area contributed by atoms with Crippen LogP contribution in [0.25, 0.3) is 0 Å². The molecule has 15 heavy (non-hydrogen) atoms. The molecular weight excluding hydrogens is 184 g/mol. The van der Waals surface area contributed by atoms with Gasteiger partial charge in [0.2, 0.25) is 0 Å². The summed E-state index contributed by atoms with van der Waals surface area (Å²) >= 11 is 0. The summed E-state index contributed by atoms with van der Waals surface area (Å²) in [5.74, 6) is 1.85. The van der Waals surface area contributed by atoms with E-state index < -0.39 is 0 Å². The average Bonchev–Trinajstić information content (AvgIpc) is 2.98. The molecule has 88 valence electrons. The molecule has 1 N–H and O–H groups in total. The number of piperazine rings is 1. The van der Waals surface area contributed by atoms with Crippen LogP contribution in [0, 0.1) is 11.8 Å². The van der Waals surface area contributed by atoms with E-state index >= 15 is 0 Å². The number of nitrogens with one attached hydrogen (secondary N) is 1. The molecule has 0 aromatic rings. The van der Waals surface area contributed by atoms with E-state index in [-0.39, 0.29) is 0 Å². The molecule has 2 rings (SSSR count). The van der Waals surface area contributed by atoms with Gasteiger partial charge in [0.05, 0.1) is 0 Å². The third-order valence-corrected chi connectivity index (χ3v) is 3.81. The Balaban J connectivity index is 1.85. The van der Waals surface area contributed by atoms with Crippen LogP contribution in [-0.2, 0) is 0 Å². The van der Waals surface area contributed by atoms with E-state index in [9.17, 15) is 0 Å². The lowest BCUT2D eigenvalue weighted by Gasteiger charge is -2.40. The van der Waals surface area contributed by atoms with Gasteiger partial charge < -0.3 is 5.32 Å². The van der Waals surface area contributed by atoms with Crippen molar-refractivity contribution in [2.45, 2.75) is 52.1 Å². The molecule has 1 heterocycles. The molecule has 1 aliphatic heterocycles. The summed E-state index contributed by atoms with van der Waals surface area (Å²) in [7, 11) is 0. The van der Waals surface area contributed by atoms with Crippen LogP contribution in [-0.4, -0.2) is 36.6 Å². The first-order valence-corrected chi connectivity index (χ1v) is 6.64. The molecular formula is C13H26N2. The van der Waals surface area contributed by atoms with Gasteiger partial charge in [-0.2, -0.15) is 0 Å². The van der Waals surface area contributed by atoms with Gasteiger partial charge in [0.1, 0.15) is 0 Å². The van der Waals surface area contributed by atoms with Gasteiger partial charge in [-0.05, 0) is 44.6 Å². The van der Waals surface area contributed by atoms with Gasteiger partial charge in [0.15, 0.2) is 0 Å². The second kappa shape index (κ2) is 4.84. The van der Waals surface area contributed by atoms with E-state index in [0.29, 0.717) is 6.04 Å².